The van der Waals surface area contributed by atoms with Crippen LogP contribution in [-0.2, 0) is 21.2 Å². The SMILES string of the molecule is CCOc1ccc(CCCNC(=O)[C@@H](CC)N(c2cc(C)cc(C)c2)S(C)(=O)=O)cc1. The molecule has 170 valence electrons. The number of aryl methyl sites for hydroxylation is 3. The average molecular weight is 447 g/mol. The molecule has 0 spiro atoms. The van der Waals surface area contributed by atoms with Crippen LogP contribution in [0.3, 0.4) is 0 Å². The van der Waals surface area contributed by atoms with Gasteiger partial charge in [-0.2, -0.15) is 0 Å². The summed E-state index contributed by atoms with van der Waals surface area (Å²) in [6, 6.07) is 12.7. The molecule has 0 fully saturated rings. The van der Waals surface area contributed by atoms with Gasteiger partial charge in [-0.05, 0) is 81.0 Å². The first-order chi connectivity index (χ1) is 14.7. The molecule has 2 aromatic rings. The van der Waals surface area contributed by atoms with Gasteiger partial charge >= 0.3 is 0 Å². The van der Waals surface area contributed by atoms with Gasteiger partial charge in [0.1, 0.15) is 11.8 Å². The monoisotopic (exact) mass is 446 g/mol. The Kier molecular flexibility index (Phi) is 8.92. The lowest BCUT2D eigenvalue weighted by Crippen LogP contribution is -2.49. The third kappa shape index (κ3) is 7.28. The molecule has 6 nitrogen and oxygen atoms in total. The first-order valence-corrected chi connectivity index (χ1v) is 12.6. The van der Waals surface area contributed by atoms with E-state index < -0.39 is 16.1 Å². The van der Waals surface area contributed by atoms with Gasteiger partial charge < -0.3 is 10.1 Å². The lowest BCUT2D eigenvalue weighted by molar-refractivity contribution is -0.122. The third-order valence-electron chi connectivity index (χ3n) is 4.97. The van der Waals surface area contributed by atoms with Crippen LogP contribution < -0.4 is 14.4 Å². The number of nitrogens with zero attached hydrogens (tertiary/aromatic N) is 1. The van der Waals surface area contributed by atoms with E-state index in [1.807, 2.05) is 58.0 Å². The summed E-state index contributed by atoms with van der Waals surface area (Å²) in [4.78, 5) is 12.9. The van der Waals surface area contributed by atoms with Crippen molar-refractivity contribution in [1.29, 1.82) is 0 Å². The van der Waals surface area contributed by atoms with Gasteiger partial charge in [0.2, 0.25) is 15.9 Å². The number of hydrogen-bond acceptors (Lipinski definition) is 4. The van der Waals surface area contributed by atoms with Crippen molar-refractivity contribution >= 4 is 21.6 Å². The molecule has 0 aromatic heterocycles. The van der Waals surface area contributed by atoms with Crippen molar-refractivity contribution < 1.29 is 17.9 Å². The zero-order chi connectivity index (χ0) is 23.0. The van der Waals surface area contributed by atoms with Gasteiger partial charge in [0, 0.05) is 6.54 Å². The predicted molar refractivity (Wildman–Crippen MR) is 126 cm³/mol. The molecule has 1 amide bonds. The van der Waals surface area contributed by atoms with Crippen LogP contribution in [-0.4, -0.2) is 39.8 Å². The molecule has 0 bridgehead atoms. The van der Waals surface area contributed by atoms with Crippen LogP contribution in [0.4, 0.5) is 5.69 Å². The Hall–Kier alpha value is -2.54. The minimum atomic E-state index is -3.63. The molecule has 0 heterocycles. The minimum absolute atomic E-state index is 0.279. The second kappa shape index (κ2) is 11.2. The molecule has 0 unspecified atom stereocenters. The van der Waals surface area contributed by atoms with E-state index in [9.17, 15) is 13.2 Å². The molecule has 7 heteroatoms. The Morgan fingerprint density at radius 3 is 2.19 bits per heavy atom. The summed E-state index contributed by atoms with van der Waals surface area (Å²) in [5, 5.41) is 2.92. The van der Waals surface area contributed by atoms with Crippen molar-refractivity contribution in [3.05, 3.63) is 59.2 Å². The number of carbonyl (C=O) groups excluding carboxylic acids is 1. The molecule has 0 aliphatic rings. The topological polar surface area (TPSA) is 75.7 Å². The Morgan fingerprint density at radius 1 is 1.06 bits per heavy atom. The quantitative estimate of drug-likeness (QED) is 0.530. The van der Waals surface area contributed by atoms with Crippen molar-refractivity contribution in [1.82, 2.24) is 5.32 Å². The van der Waals surface area contributed by atoms with Crippen molar-refractivity contribution in [2.24, 2.45) is 0 Å². The first-order valence-electron chi connectivity index (χ1n) is 10.7. The van der Waals surface area contributed by atoms with Crippen LogP contribution in [0.25, 0.3) is 0 Å². The Morgan fingerprint density at radius 2 is 1.68 bits per heavy atom. The van der Waals surface area contributed by atoms with Crippen LogP contribution in [0.1, 0.15) is 43.4 Å². The van der Waals surface area contributed by atoms with Crippen LogP contribution in [0.2, 0.25) is 0 Å². The molecule has 2 aromatic carbocycles. The average Bonchev–Trinajstić information content (AvgIpc) is 2.68. The maximum Gasteiger partial charge on any atom is 0.243 e. The number of anilines is 1. The van der Waals surface area contributed by atoms with Crippen LogP contribution in [0.5, 0.6) is 5.75 Å². The maximum atomic E-state index is 12.9. The van der Waals surface area contributed by atoms with E-state index in [2.05, 4.69) is 5.32 Å². The fourth-order valence-corrected chi connectivity index (χ4v) is 4.87. The summed E-state index contributed by atoms with van der Waals surface area (Å²) in [6.45, 7) is 8.72. The number of rotatable bonds is 11. The number of hydrogen-bond donors (Lipinski definition) is 1. The second-order valence-electron chi connectivity index (χ2n) is 7.80. The molecule has 1 atom stereocenters. The van der Waals surface area contributed by atoms with E-state index >= 15 is 0 Å². The fraction of sp³-hybridized carbons (Fsp3) is 0.458. The molecule has 1 N–H and O–H groups in total. The summed E-state index contributed by atoms with van der Waals surface area (Å²) < 4.78 is 31.9. The predicted octanol–water partition coefficient (Wildman–Crippen LogP) is 4.00. The van der Waals surface area contributed by atoms with Gasteiger partial charge in [-0.3, -0.25) is 9.10 Å². The number of benzene rings is 2. The summed E-state index contributed by atoms with van der Waals surface area (Å²) in [7, 11) is -3.63. The van der Waals surface area contributed by atoms with Crippen molar-refractivity contribution in [3.63, 3.8) is 0 Å². The standard InChI is InChI=1S/C24H34N2O4S/c1-6-23(26(31(5,28)29)21-16-18(3)15-19(4)17-21)24(27)25-14-8-9-20-10-12-22(13-11-20)30-7-2/h10-13,15-17,23H,6-9,14H2,1-5H3,(H,25,27)/t23-/m1/s1. The number of amides is 1. The van der Waals surface area contributed by atoms with Crippen LogP contribution in [0.15, 0.2) is 42.5 Å². The number of sulfonamides is 1. The van der Waals surface area contributed by atoms with Gasteiger partial charge in [0.15, 0.2) is 0 Å². The van der Waals surface area contributed by atoms with Crippen LogP contribution in [0, 0.1) is 13.8 Å². The largest absolute Gasteiger partial charge is 0.494 e. The lowest BCUT2D eigenvalue weighted by Gasteiger charge is -2.30. The van der Waals surface area contributed by atoms with E-state index in [1.165, 1.54) is 4.31 Å². The van der Waals surface area contributed by atoms with Gasteiger partial charge in [0.25, 0.3) is 0 Å². The minimum Gasteiger partial charge on any atom is -0.494 e. The summed E-state index contributed by atoms with van der Waals surface area (Å²) in [6.07, 6.45) is 3.10. The van der Waals surface area contributed by atoms with E-state index in [0.29, 0.717) is 25.3 Å². The molecule has 0 saturated heterocycles. The lowest BCUT2D eigenvalue weighted by atomic mass is 10.1. The van der Waals surface area contributed by atoms with Crippen molar-refractivity contribution in [2.45, 2.75) is 53.0 Å². The molecule has 0 radical (unpaired) electrons. The normalized spacial score (nSPS) is 12.3. The number of ether oxygens (including phenoxy) is 1. The molecular weight excluding hydrogens is 412 g/mol. The fourth-order valence-electron chi connectivity index (χ4n) is 3.68. The highest BCUT2D eigenvalue weighted by molar-refractivity contribution is 7.92. The Bertz CT molecular complexity index is 951. The van der Waals surface area contributed by atoms with E-state index in [0.717, 1.165) is 41.5 Å². The number of carbonyl (C=O) groups is 1. The van der Waals surface area contributed by atoms with Gasteiger partial charge in [-0.15, -0.1) is 0 Å². The molecule has 0 saturated carbocycles. The third-order valence-corrected chi connectivity index (χ3v) is 6.15. The summed E-state index contributed by atoms with van der Waals surface area (Å²) in [5.74, 6) is 0.566. The smallest absolute Gasteiger partial charge is 0.243 e. The van der Waals surface area contributed by atoms with E-state index in [-0.39, 0.29) is 5.91 Å². The molecule has 31 heavy (non-hydrogen) atoms. The highest BCUT2D eigenvalue weighted by Gasteiger charge is 2.31. The maximum absolute atomic E-state index is 12.9. The van der Waals surface area contributed by atoms with E-state index in [1.54, 1.807) is 12.1 Å². The zero-order valence-corrected chi connectivity index (χ0v) is 20.0. The Labute approximate surface area is 186 Å². The van der Waals surface area contributed by atoms with Crippen molar-refractivity contribution in [2.75, 3.05) is 23.7 Å². The Balaban J connectivity index is 2.03. The number of nitrogens with one attached hydrogen (secondary N) is 1. The second-order valence-corrected chi connectivity index (χ2v) is 9.66. The zero-order valence-electron chi connectivity index (χ0n) is 19.1. The summed E-state index contributed by atoms with van der Waals surface area (Å²) in [5.41, 5.74) is 3.60. The highest BCUT2D eigenvalue weighted by Crippen LogP contribution is 2.25. The summed E-state index contributed by atoms with van der Waals surface area (Å²) >= 11 is 0. The molecule has 0 aliphatic heterocycles. The van der Waals surface area contributed by atoms with Crippen LogP contribution >= 0.6 is 0 Å². The molecular formula is C24H34N2O4S. The highest BCUT2D eigenvalue weighted by atomic mass is 32.2. The van der Waals surface area contributed by atoms with Gasteiger partial charge in [-0.25, -0.2) is 8.42 Å². The molecule has 0 aliphatic carbocycles. The first kappa shape index (κ1) is 24.7. The van der Waals surface area contributed by atoms with Crippen molar-refractivity contribution in [3.8, 4) is 5.75 Å². The molecule has 2 rings (SSSR count). The van der Waals surface area contributed by atoms with E-state index in [4.69, 9.17) is 4.74 Å². The van der Waals surface area contributed by atoms with Gasteiger partial charge in [0.05, 0.1) is 18.6 Å². The van der Waals surface area contributed by atoms with Gasteiger partial charge in [-0.1, -0.05) is 25.1 Å².